The number of aromatic amines is 1. The van der Waals surface area contributed by atoms with Crippen LogP contribution in [0, 0.1) is 0 Å². The lowest BCUT2D eigenvalue weighted by atomic mass is 9.86. The van der Waals surface area contributed by atoms with Crippen molar-refractivity contribution in [2.75, 3.05) is 47.4 Å². The molecule has 1 heterocycles. The Hall–Kier alpha value is -2.35. The minimum Gasteiger partial charge on any atom is -0.493 e. The molecule has 0 fully saturated rings. The maximum absolute atomic E-state index is 11.5. The van der Waals surface area contributed by atoms with Crippen LogP contribution in [0.4, 0.5) is 0 Å². The van der Waals surface area contributed by atoms with E-state index < -0.39 is 0 Å². The Balaban J connectivity index is 1.16. The molecule has 208 valence electrons. The van der Waals surface area contributed by atoms with Crippen LogP contribution in [0.5, 0.6) is 11.5 Å². The monoisotopic (exact) mass is 539 g/mol. The number of nitrogens with zero attached hydrogens (tertiary/aromatic N) is 2. The average Bonchev–Trinajstić information content (AvgIpc) is 3.31. The summed E-state index contributed by atoms with van der Waals surface area (Å²) in [4.78, 5) is 19.6. The van der Waals surface area contributed by atoms with Gasteiger partial charge in [0, 0.05) is 18.2 Å². The summed E-state index contributed by atoms with van der Waals surface area (Å²) in [6.07, 6.45) is 10.7. The maximum atomic E-state index is 11.5. The topological polar surface area (TPSA) is 57.8 Å². The van der Waals surface area contributed by atoms with E-state index in [1.165, 1.54) is 79.6 Å². The summed E-state index contributed by atoms with van der Waals surface area (Å²) in [5, 5.41) is 0. The number of unbranched alkanes of at least 4 members (excludes halogenated alkanes) is 3. The van der Waals surface area contributed by atoms with Crippen molar-refractivity contribution in [1.82, 2.24) is 14.8 Å². The van der Waals surface area contributed by atoms with Crippen molar-refractivity contribution in [2.24, 2.45) is 0 Å². The second-order valence-corrected chi connectivity index (χ2v) is 11.7. The minimum atomic E-state index is 0.0258. The highest BCUT2D eigenvalue weighted by Gasteiger charge is 2.27. The van der Waals surface area contributed by atoms with E-state index >= 15 is 0 Å². The van der Waals surface area contributed by atoms with Gasteiger partial charge in [0.25, 0.3) is 0 Å². The zero-order valence-corrected chi connectivity index (χ0v) is 24.5. The molecule has 1 aromatic heterocycles. The molecule has 0 saturated carbocycles. The minimum absolute atomic E-state index is 0.0258. The van der Waals surface area contributed by atoms with Crippen LogP contribution >= 0.6 is 11.3 Å². The summed E-state index contributed by atoms with van der Waals surface area (Å²) < 4.78 is 12.3. The first kappa shape index (κ1) is 28.7. The van der Waals surface area contributed by atoms with E-state index in [1.54, 1.807) is 14.2 Å². The van der Waals surface area contributed by atoms with E-state index in [9.17, 15) is 4.79 Å². The molecule has 0 bridgehead atoms. The van der Waals surface area contributed by atoms with Crippen molar-refractivity contribution in [3.05, 3.63) is 56.7 Å². The molecular weight excluding hydrogens is 494 g/mol. The fourth-order valence-corrected chi connectivity index (χ4v) is 6.67. The first-order valence-electron chi connectivity index (χ1n) is 14.3. The molecule has 0 radical (unpaired) electrons. The number of aromatic nitrogens is 1. The van der Waals surface area contributed by atoms with Crippen LogP contribution in [0.25, 0.3) is 10.2 Å². The first-order valence-corrected chi connectivity index (χ1v) is 15.1. The Morgan fingerprint density at radius 2 is 1.82 bits per heavy atom. The van der Waals surface area contributed by atoms with Gasteiger partial charge in [0.1, 0.15) is 0 Å². The van der Waals surface area contributed by atoms with Gasteiger partial charge in [-0.15, -0.1) is 0 Å². The Kier molecular flexibility index (Phi) is 10.7. The van der Waals surface area contributed by atoms with Crippen LogP contribution < -0.4 is 14.3 Å². The smallest absolute Gasteiger partial charge is 0.305 e. The Morgan fingerprint density at radius 1 is 1.00 bits per heavy atom. The van der Waals surface area contributed by atoms with Crippen molar-refractivity contribution in [2.45, 2.75) is 70.8 Å². The number of ether oxygens (including phenoxy) is 2. The third kappa shape index (κ3) is 7.39. The van der Waals surface area contributed by atoms with Gasteiger partial charge >= 0.3 is 4.87 Å². The molecule has 0 aliphatic heterocycles. The highest BCUT2D eigenvalue weighted by molar-refractivity contribution is 7.16. The molecule has 1 atom stereocenters. The lowest BCUT2D eigenvalue weighted by Crippen LogP contribution is -2.40. The van der Waals surface area contributed by atoms with Crippen LogP contribution in [0.2, 0.25) is 0 Å². The number of fused-ring (bicyclic) bond motifs is 2. The van der Waals surface area contributed by atoms with Gasteiger partial charge in [-0.05, 0) is 101 Å². The molecule has 7 heteroatoms. The lowest BCUT2D eigenvalue weighted by Gasteiger charge is -2.36. The summed E-state index contributed by atoms with van der Waals surface area (Å²) in [5.41, 5.74) is 5.01. The molecule has 38 heavy (non-hydrogen) atoms. The number of hydrogen-bond donors (Lipinski definition) is 1. The molecule has 3 aromatic rings. The number of H-pyrrole nitrogens is 1. The van der Waals surface area contributed by atoms with Crippen LogP contribution in [-0.4, -0.2) is 68.3 Å². The van der Waals surface area contributed by atoms with Crippen LogP contribution in [0.3, 0.4) is 0 Å². The van der Waals surface area contributed by atoms with E-state index in [1.807, 2.05) is 6.07 Å². The summed E-state index contributed by atoms with van der Waals surface area (Å²) in [6, 6.07) is 11.3. The Morgan fingerprint density at radius 3 is 2.58 bits per heavy atom. The highest BCUT2D eigenvalue weighted by Crippen LogP contribution is 2.38. The fraction of sp³-hybridized carbons (Fsp3) is 0.581. The second-order valence-electron chi connectivity index (χ2n) is 10.7. The summed E-state index contributed by atoms with van der Waals surface area (Å²) in [5.74, 6) is 1.77. The number of benzene rings is 2. The van der Waals surface area contributed by atoms with E-state index in [2.05, 4.69) is 53.0 Å². The van der Waals surface area contributed by atoms with Gasteiger partial charge in [-0.25, -0.2) is 0 Å². The maximum Gasteiger partial charge on any atom is 0.305 e. The molecule has 1 aliphatic carbocycles. The normalized spacial score (nSPS) is 15.4. The van der Waals surface area contributed by atoms with Crippen LogP contribution in [0.1, 0.15) is 62.1 Å². The number of hydrogen-bond acceptors (Lipinski definition) is 6. The van der Waals surface area contributed by atoms with Gasteiger partial charge in [-0.1, -0.05) is 43.2 Å². The van der Waals surface area contributed by atoms with Crippen molar-refractivity contribution in [3.8, 4) is 11.5 Å². The van der Waals surface area contributed by atoms with Crippen molar-refractivity contribution in [3.63, 3.8) is 0 Å². The highest BCUT2D eigenvalue weighted by atomic mass is 32.1. The molecule has 1 aliphatic rings. The predicted octanol–water partition coefficient (Wildman–Crippen LogP) is 5.91. The van der Waals surface area contributed by atoms with E-state index in [0.29, 0.717) is 6.04 Å². The molecule has 2 aromatic carbocycles. The van der Waals surface area contributed by atoms with E-state index in [-0.39, 0.29) is 4.87 Å². The molecular formula is C31H45N3O3S. The summed E-state index contributed by atoms with van der Waals surface area (Å²) >= 11 is 1.30. The average molecular weight is 540 g/mol. The lowest BCUT2D eigenvalue weighted by molar-refractivity contribution is 0.175. The van der Waals surface area contributed by atoms with Crippen molar-refractivity contribution in [1.29, 1.82) is 0 Å². The molecule has 0 amide bonds. The fourth-order valence-electron chi connectivity index (χ4n) is 5.87. The van der Waals surface area contributed by atoms with Crippen LogP contribution in [-0.2, 0) is 19.3 Å². The number of thiazole rings is 1. The molecule has 0 saturated heterocycles. The number of rotatable bonds is 15. The number of likely N-dealkylation sites (N-methyl/N-ethyl adjacent to an activating group) is 1. The van der Waals surface area contributed by atoms with Crippen LogP contribution in [0.15, 0.2) is 35.1 Å². The molecule has 4 rings (SSSR count). The zero-order chi connectivity index (χ0) is 26.9. The van der Waals surface area contributed by atoms with Crippen molar-refractivity contribution < 1.29 is 9.47 Å². The van der Waals surface area contributed by atoms with Crippen molar-refractivity contribution >= 4 is 21.6 Å². The van der Waals surface area contributed by atoms with E-state index in [0.717, 1.165) is 54.1 Å². The first-order chi connectivity index (χ1) is 18.5. The van der Waals surface area contributed by atoms with Gasteiger partial charge in [0.2, 0.25) is 0 Å². The molecule has 1 N–H and O–H groups in total. The largest absolute Gasteiger partial charge is 0.493 e. The van der Waals surface area contributed by atoms with Gasteiger partial charge in [-0.3, -0.25) is 4.79 Å². The third-order valence-electron chi connectivity index (χ3n) is 7.96. The number of nitrogens with one attached hydrogen (secondary N) is 1. The third-order valence-corrected chi connectivity index (χ3v) is 8.80. The summed E-state index contributed by atoms with van der Waals surface area (Å²) in [7, 11) is 5.69. The van der Waals surface area contributed by atoms with Gasteiger partial charge in [-0.2, -0.15) is 0 Å². The zero-order valence-electron chi connectivity index (χ0n) is 23.7. The van der Waals surface area contributed by atoms with Gasteiger partial charge < -0.3 is 24.3 Å². The molecule has 0 spiro atoms. The SMILES string of the molecule is CCCN(CCCCCCN(C)CCc1ccc2[nH]c(=O)sc2c1)C1CCc2c(ccc(OC)c2OC)C1. The summed E-state index contributed by atoms with van der Waals surface area (Å²) in [6.45, 7) is 6.87. The number of methoxy groups -OCH3 is 2. The molecule has 6 nitrogen and oxygen atoms in total. The van der Waals surface area contributed by atoms with E-state index in [4.69, 9.17) is 9.47 Å². The van der Waals surface area contributed by atoms with Gasteiger partial charge in [0.05, 0.1) is 24.4 Å². The predicted molar refractivity (Wildman–Crippen MR) is 159 cm³/mol. The Bertz CT molecular complexity index is 1220. The molecule has 1 unspecified atom stereocenters. The van der Waals surface area contributed by atoms with Gasteiger partial charge in [0.15, 0.2) is 11.5 Å². The Labute approximate surface area is 232 Å². The quantitative estimate of drug-likeness (QED) is 0.243. The standard InChI is InChI=1S/C31H45N3O3S/c1-5-17-34(25-12-13-26-24(22-25)11-15-28(36-3)30(26)37-4)19-9-7-6-8-18-33(2)20-16-23-10-14-27-29(21-23)38-31(35)32-27/h10-11,14-15,21,25H,5-9,12-13,16-20,22H2,1-4H3,(H,32,35). The second kappa shape index (κ2) is 14.2.